The van der Waals surface area contributed by atoms with Gasteiger partial charge in [-0.2, -0.15) is 0 Å². The highest BCUT2D eigenvalue weighted by molar-refractivity contribution is 6.00. The third kappa shape index (κ3) is 10.6. The third-order valence-corrected chi connectivity index (χ3v) is 16.2. The van der Waals surface area contributed by atoms with E-state index in [-0.39, 0.29) is 115 Å². The molecule has 0 unspecified atom stereocenters. The molecule has 8 N–H and O–H groups in total. The lowest BCUT2D eigenvalue weighted by molar-refractivity contribution is -0.0902. The molecule has 0 aliphatic heterocycles. The van der Waals surface area contributed by atoms with Gasteiger partial charge in [0.05, 0.1) is 12.4 Å². The van der Waals surface area contributed by atoms with Gasteiger partial charge >= 0.3 is 5.97 Å². The van der Waals surface area contributed by atoms with E-state index in [0.717, 1.165) is 44.9 Å². The van der Waals surface area contributed by atoms with Crippen LogP contribution in [0.25, 0.3) is 0 Å². The molecule has 8 rings (SSSR count). The number of nitrogens with two attached hydrogens (primary N) is 1. The summed E-state index contributed by atoms with van der Waals surface area (Å²) in [5.74, 6) is -1.89. The normalized spacial score (nSPS) is 30.3. The van der Waals surface area contributed by atoms with Gasteiger partial charge in [0.2, 0.25) is 0 Å². The molecule has 10 atom stereocenters. The first kappa shape index (κ1) is 50.5. The number of nitrogens with zero attached hydrogens (tertiary/aromatic N) is 4. The first-order valence-electron chi connectivity index (χ1n) is 23.4. The zero-order chi connectivity index (χ0) is 49.2. The minimum absolute atomic E-state index is 0.000880. The van der Waals surface area contributed by atoms with Crippen molar-refractivity contribution < 1.29 is 44.7 Å². The second-order valence-electron chi connectivity index (χ2n) is 21.4. The van der Waals surface area contributed by atoms with Crippen LogP contribution in [0.1, 0.15) is 148 Å². The van der Waals surface area contributed by atoms with Crippen LogP contribution in [-0.4, -0.2) is 81.0 Å². The van der Waals surface area contributed by atoms with E-state index in [1.807, 2.05) is 6.92 Å². The van der Waals surface area contributed by atoms with Crippen LogP contribution in [0.3, 0.4) is 0 Å². The van der Waals surface area contributed by atoms with Crippen molar-refractivity contribution in [3.63, 3.8) is 0 Å². The van der Waals surface area contributed by atoms with E-state index in [1.54, 1.807) is 0 Å². The zero-order valence-electron chi connectivity index (χ0n) is 39.9. The summed E-state index contributed by atoms with van der Waals surface area (Å²) in [6, 6.07) is 8.01. The van der Waals surface area contributed by atoms with Crippen LogP contribution in [0.4, 0.5) is 0 Å². The number of Topliss-reactive ketones (excluding diaryl/α,β-unsaturated/α-hetero) is 2. The Hall–Kier alpha value is -5.96. The molecule has 4 fully saturated rings. The Morgan fingerprint density at radius 1 is 0.597 bits per heavy atom. The highest BCUT2D eigenvalue weighted by Crippen LogP contribution is 2.63. The number of aromatic carboxylic acids is 1. The lowest BCUT2D eigenvalue weighted by Crippen LogP contribution is -2.60. The van der Waals surface area contributed by atoms with Crippen LogP contribution in [0.2, 0.25) is 0 Å². The Labute approximate surface area is 393 Å². The number of amides is 1. The maximum absolute atomic E-state index is 13.9. The van der Waals surface area contributed by atoms with Gasteiger partial charge in [-0.15, -0.1) is 0 Å². The summed E-state index contributed by atoms with van der Waals surface area (Å²) in [6.45, 7) is 17.7. The van der Waals surface area contributed by atoms with Gasteiger partial charge in [-0.3, -0.25) is 24.4 Å². The minimum Gasteiger partial charge on any atom is -0.508 e. The van der Waals surface area contributed by atoms with Gasteiger partial charge in [-0.1, -0.05) is 68.2 Å². The lowest BCUT2D eigenvalue weighted by Gasteiger charge is -2.60. The van der Waals surface area contributed by atoms with E-state index in [4.69, 9.17) is 10.8 Å². The van der Waals surface area contributed by atoms with Crippen LogP contribution >= 0.6 is 0 Å². The first-order chi connectivity index (χ1) is 31.4. The number of phenols is 4. The quantitative estimate of drug-likeness (QED) is 0.0857. The summed E-state index contributed by atoms with van der Waals surface area (Å²) in [5, 5.41) is 51.0. The van der Waals surface area contributed by atoms with Crippen LogP contribution < -0.4 is 11.1 Å². The lowest BCUT2D eigenvalue weighted by atomic mass is 9.45. The van der Waals surface area contributed by atoms with E-state index in [2.05, 4.69) is 73.7 Å². The summed E-state index contributed by atoms with van der Waals surface area (Å²) in [5.41, 5.74) is 7.21. The molecular formula is C52H68N6O9. The van der Waals surface area contributed by atoms with Crippen LogP contribution in [0.5, 0.6) is 23.0 Å². The van der Waals surface area contributed by atoms with Gasteiger partial charge in [-0.05, 0) is 108 Å². The van der Waals surface area contributed by atoms with Gasteiger partial charge in [0.25, 0.3) is 5.91 Å². The van der Waals surface area contributed by atoms with Crippen LogP contribution in [-0.2, 0) is 0 Å². The number of aromatic hydroxyl groups is 4. The van der Waals surface area contributed by atoms with Crippen LogP contribution in [0.15, 0.2) is 73.6 Å². The van der Waals surface area contributed by atoms with Crippen LogP contribution in [0, 0.1) is 57.2 Å². The number of hydrogen-bond donors (Lipinski definition) is 7. The Morgan fingerprint density at radius 3 is 1.42 bits per heavy atom. The zero-order valence-corrected chi connectivity index (χ0v) is 39.9. The van der Waals surface area contributed by atoms with Gasteiger partial charge in [0.1, 0.15) is 28.7 Å². The van der Waals surface area contributed by atoms with Crippen molar-refractivity contribution in [3.8, 4) is 23.0 Å². The summed E-state index contributed by atoms with van der Waals surface area (Å²) in [7, 11) is 0. The Bertz CT molecular complexity index is 2390. The number of fused-ring (bicyclic) bond motifs is 2. The highest BCUT2D eigenvalue weighted by atomic mass is 16.4. The fourth-order valence-corrected chi connectivity index (χ4v) is 13.1. The third-order valence-electron chi connectivity index (χ3n) is 16.2. The predicted octanol–water partition coefficient (Wildman–Crippen LogP) is 8.63. The Kier molecular flexibility index (Phi) is 14.8. The molecule has 4 aromatic rings. The standard InChI is InChI=1S/C26H33N3O4.C21H31NO3.C5H4N2O2/c1-15-19(29-24(33)20-14-27-8-9-28-20)13-21-25(2,3)6-5-7-26(21,4)22(15)23(32)16-10-17(30)12-18(31)11-16;1-12-16(22)11-17-20(2,3)6-5-7-21(17,4)18(12)19(25)13-8-14(23)10-15(24)9-13;8-5(9)4-3-6-1-2-7-4/h8-12,14-15,19,21-22,30-31H,5-7,13H2,1-4H3,(H,29,33);8-10,12,16-18,23-24H,5-7,11,22H2,1-4H3;1-3H,(H,8,9)/t15-,19-,21+,22-,26+;12-,16-,17+,18-,21+;/m11./s1. The van der Waals surface area contributed by atoms with Crippen molar-refractivity contribution in [2.24, 2.45) is 62.9 Å². The van der Waals surface area contributed by atoms with Crippen molar-refractivity contribution >= 4 is 23.4 Å². The summed E-state index contributed by atoms with van der Waals surface area (Å²) in [4.78, 5) is 65.6. The number of rotatable bonds is 7. The predicted molar refractivity (Wildman–Crippen MR) is 251 cm³/mol. The van der Waals surface area contributed by atoms with Crippen molar-refractivity contribution in [1.82, 2.24) is 25.3 Å². The number of carboxylic acid groups (broad SMARTS) is 1. The van der Waals surface area contributed by atoms with Crippen molar-refractivity contribution in [3.05, 3.63) is 96.1 Å². The number of aromatic nitrogens is 4. The number of ketones is 2. The number of carbonyl (C=O) groups excluding carboxylic acids is 3. The SMILES string of the molecule is C[C@@H]1[C@H](N)C[C@H]2C(C)(C)CCC[C@]2(C)[C@H]1C(=O)c1cc(O)cc(O)c1.C[C@@H]1[C@H](NC(=O)c2cnccn2)C[C@H]2C(C)(C)CCC[C@]2(C)[C@H]1C(=O)c1cc(O)cc(O)c1.O=C(O)c1cnccn1. The van der Waals surface area contributed by atoms with Gasteiger partial charge in [0, 0.05) is 72.0 Å². The topological polar surface area (TPSA) is 259 Å². The smallest absolute Gasteiger partial charge is 0.356 e. The summed E-state index contributed by atoms with van der Waals surface area (Å²) < 4.78 is 0. The maximum atomic E-state index is 13.9. The monoisotopic (exact) mass is 921 g/mol. The molecule has 360 valence electrons. The molecule has 67 heavy (non-hydrogen) atoms. The molecule has 2 aromatic carbocycles. The Morgan fingerprint density at radius 2 is 1.01 bits per heavy atom. The van der Waals surface area contributed by atoms with Crippen molar-refractivity contribution in [1.29, 1.82) is 0 Å². The van der Waals surface area contributed by atoms with E-state index in [9.17, 15) is 39.6 Å². The number of hydrogen-bond acceptors (Lipinski definition) is 13. The maximum Gasteiger partial charge on any atom is 0.356 e. The van der Waals surface area contributed by atoms with Gasteiger partial charge in [0.15, 0.2) is 17.3 Å². The fourth-order valence-electron chi connectivity index (χ4n) is 13.1. The molecule has 0 radical (unpaired) electrons. The molecular weight excluding hydrogens is 853 g/mol. The highest BCUT2D eigenvalue weighted by Gasteiger charge is 2.60. The average molecular weight is 921 g/mol. The number of phenolic OH excluding ortho intramolecular Hbond substituents is 4. The van der Waals surface area contributed by atoms with E-state index >= 15 is 0 Å². The number of nitrogens with one attached hydrogen (secondary N) is 1. The number of carbonyl (C=O) groups is 4. The van der Waals surface area contributed by atoms with E-state index < -0.39 is 5.97 Å². The molecule has 4 saturated carbocycles. The van der Waals surface area contributed by atoms with E-state index in [0.29, 0.717) is 17.0 Å². The summed E-state index contributed by atoms with van der Waals surface area (Å²) in [6.07, 6.45) is 16.5. The van der Waals surface area contributed by atoms with Gasteiger partial charge in [-0.25, -0.2) is 14.8 Å². The number of benzene rings is 2. The molecule has 2 aromatic heterocycles. The molecule has 0 bridgehead atoms. The van der Waals surface area contributed by atoms with Crippen molar-refractivity contribution in [2.75, 3.05) is 0 Å². The molecule has 4 aliphatic rings. The molecule has 0 saturated heterocycles. The molecule has 0 spiro atoms. The summed E-state index contributed by atoms with van der Waals surface area (Å²) >= 11 is 0. The van der Waals surface area contributed by atoms with E-state index in [1.165, 1.54) is 80.0 Å². The fraction of sp³-hybridized carbons (Fsp3) is 0.538. The first-order valence-corrected chi connectivity index (χ1v) is 23.4. The minimum atomic E-state index is -1.05. The number of carboxylic acids is 1. The average Bonchev–Trinajstić information content (AvgIpc) is 3.25. The van der Waals surface area contributed by atoms with Crippen molar-refractivity contribution in [2.45, 2.75) is 119 Å². The molecule has 15 nitrogen and oxygen atoms in total. The second-order valence-corrected chi connectivity index (χ2v) is 21.4. The Balaban J connectivity index is 0.000000191. The molecule has 2 heterocycles. The molecule has 4 aliphatic carbocycles. The van der Waals surface area contributed by atoms with Gasteiger partial charge < -0.3 is 36.6 Å². The molecule has 1 amide bonds. The molecule has 15 heteroatoms. The second kappa shape index (κ2) is 19.7. The largest absolute Gasteiger partial charge is 0.508 e.